The van der Waals surface area contributed by atoms with E-state index >= 15 is 0 Å². The molecule has 0 N–H and O–H groups in total. The maximum absolute atomic E-state index is 12.5. The van der Waals surface area contributed by atoms with Gasteiger partial charge in [-0.1, -0.05) is 28.9 Å². The smallest absolute Gasteiger partial charge is 0.259 e. The third kappa shape index (κ3) is 2.70. The number of rotatable bonds is 3. The molecule has 0 spiro atoms. The number of nitrogens with zero attached hydrogens (tertiary/aromatic N) is 2. The number of amides is 1. The van der Waals surface area contributed by atoms with Gasteiger partial charge in [0.25, 0.3) is 5.91 Å². The van der Waals surface area contributed by atoms with Crippen LogP contribution in [0.1, 0.15) is 40.3 Å². The highest BCUT2D eigenvalue weighted by Gasteiger charge is 2.24. The van der Waals surface area contributed by atoms with Crippen molar-refractivity contribution in [3.8, 4) is 0 Å². The molecule has 0 bridgehead atoms. The van der Waals surface area contributed by atoms with Gasteiger partial charge in [0.1, 0.15) is 11.3 Å². The Kier molecular flexibility index (Phi) is 4.14. The molecule has 0 fully saturated rings. The Morgan fingerprint density at radius 1 is 1.30 bits per heavy atom. The highest BCUT2D eigenvalue weighted by molar-refractivity contribution is 6.30. The molecule has 1 atom stereocenters. The Balaban J connectivity index is 2.24. The average Bonchev–Trinajstić information content (AvgIpc) is 2.76. The Morgan fingerprint density at radius 2 is 1.90 bits per heavy atom. The number of hydrogen-bond acceptors (Lipinski definition) is 3. The van der Waals surface area contributed by atoms with Crippen LogP contribution >= 0.6 is 11.6 Å². The molecule has 0 aliphatic heterocycles. The van der Waals surface area contributed by atoms with Crippen LogP contribution in [0.2, 0.25) is 5.02 Å². The lowest BCUT2D eigenvalue weighted by molar-refractivity contribution is 0.0740. The minimum absolute atomic E-state index is 0.0616. The Hall–Kier alpha value is -1.81. The molecule has 1 heterocycles. The van der Waals surface area contributed by atoms with Crippen molar-refractivity contribution >= 4 is 17.5 Å². The fourth-order valence-electron chi connectivity index (χ4n) is 2.11. The van der Waals surface area contributed by atoms with E-state index in [0.29, 0.717) is 22.0 Å². The molecule has 4 nitrogen and oxygen atoms in total. The van der Waals surface area contributed by atoms with Crippen molar-refractivity contribution in [2.75, 3.05) is 7.05 Å². The maximum atomic E-state index is 12.5. The number of aryl methyl sites for hydroxylation is 2. The molecule has 0 aliphatic rings. The first-order valence-electron chi connectivity index (χ1n) is 6.37. The summed E-state index contributed by atoms with van der Waals surface area (Å²) in [5.74, 6) is 0.450. The van der Waals surface area contributed by atoms with Crippen molar-refractivity contribution in [2.24, 2.45) is 0 Å². The second-order valence-electron chi connectivity index (χ2n) is 4.84. The molecule has 1 aromatic carbocycles. The Labute approximate surface area is 123 Å². The van der Waals surface area contributed by atoms with Crippen molar-refractivity contribution in [3.05, 3.63) is 51.9 Å². The lowest BCUT2D eigenvalue weighted by Gasteiger charge is -2.25. The second kappa shape index (κ2) is 5.67. The predicted octanol–water partition coefficient (Wildman–Crippen LogP) is 3.78. The van der Waals surface area contributed by atoms with Gasteiger partial charge in [0, 0.05) is 12.1 Å². The summed E-state index contributed by atoms with van der Waals surface area (Å²) in [6.45, 7) is 5.48. The number of benzene rings is 1. The number of carbonyl (C=O) groups excluding carboxylic acids is 1. The standard InChI is InChI=1S/C15H17ClN2O2/c1-9-14(11(3)20-17-9)15(19)18(4)10(2)12-5-7-13(16)8-6-12/h5-8,10H,1-4H3. The number of hydrogen-bond donors (Lipinski definition) is 0. The van der Waals surface area contributed by atoms with Gasteiger partial charge in [-0.05, 0) is 38.5 Å². The van der Waals surface area contributed by atoms with Crippen LogP contribution in [0.15, 0.2) is 28.8 Å². The van der Waals surface area contributed by atoms with E-state index in [1.807, 2.05) is 31.2 Å². The number of halogens is 1. The highest BCUT2D eigenvalue weighted by Crippen LogP contribution is 2.24. The maximum Gasteiger partial charge on any atom is 0.259 e. The van der Waals surface area contributed by atoms with Gasteiger partial charge in [-0.25, -0.2) is 0 Å². The van der Waals surface area contributed by atoms with Crippen LogP contribution < -0.4 is 0 Å². The van der Waals surface area contributed by atoms with Crippen molar-refractivity contribution in [1.29, 1.82) is 0 Å². The zero-order valence-corrected chi connectivity index (χ0v) is 12.7. The monoisotopic (exact) mass is 292 g/mol. The molecule has 1 aromatic heterocycles. The first kappa shape index (κ1) is 14.6. The van der Waals surface area contributed by atoms with Crippen LogP contribution in [0.4, 0.5) is 0 Å². The molecule has 0 aliphatic carbocycles. The molecule has 1 amide bonds. The Morgan fingerprint density at radius 3 is 2.40 bits per heavy atom. The van der Waals surface area contributed by atoms with Gasteiger partial charge in [0.2, 0.25) is 0 Å². The lowest BCUT2D eigenvalue weighted by Crippen LogP contribution is -2.30. The molecule has 20 heavy (non-hydrogen) atoms. The van der Waals surface area contributed by atoms with Gasteiger partial charge in [-0.15, -0.1) is 0 Å². The summed E-state index contributed by atoms with van der Waals surface area (Å²) in [6, 6.07) is 7.42. The van der Waals surface area contributed by atoms with E-state index in [9.17, 15) is 4.79 Å². The van der Waals surface area contributed by atoms with Crippen molar-refractivity contribution < 1.29 is 9.32 Å². The molecule has 106 valence electrons. The first-order chi connectivity index (χ1) is 9.41. The largest absolute Gasteiger partial charge is 0.361 e. The van der Waals surface area contributed by atoms with Gasteiger partial charge >= 0.3 is 0 Å². The second-order valence-corrected chi connectivity index (χ2v) is 5.28. The van der Waals surface area contributed by atoms with Crippen LogP contribution in [-0.2, 0) is 0 Å². The fraction of sp³-hybridized carbons (Fsp3) is 0.333. The lowest BCUT2D eigenvalue weighted by atomic mass is 10.1. The zero-order chi connectivity index (χ0) is 14.9. The van der Waals surface area contributed by atoms with E-state index in [4.69, 9.17) is 16.1 Å². The van der Waals surface area contributed by atoms with Crippen LogP contribution in [-0.4, -0.2) is 23.0 Å². The summed E-state index contributed by atoms with van der Waals surface area (Å²) in [5, 5.41) is 4.50. The fourth-order valence-corrected chi connectivity index (χ4v) is 2.23. The molecule has 2 aromatic rings. The number of carbonyl (C=O) groups is 1. The third-order valence-electron chi connectivity index (χ3n) is 3.50. The van der Waals surface area contributed by atoms with E-state index in [1.54, 1.807) is 25.8 Å². The summed E-state index contributed by atoms with van der Waals surface area (Å²) >= 11 is 5.88. The summed E-state index contributed by atoms with van der Waals surface area (Å²) in [7, 11) is 1.77. The van der Waals surface area contributed by atoms with E-state index in [-0.39, 0.29) is 11.9 Å². The molecule has 2 rings (SSSR count). The van der Waals surface area contributed by atoms with Crippen molar-refractivity contribution in [1.82, 2.24) is 10.1 Å². The minimum Gasteiger partial charge on any atom is -0.361 e. The normalized spacial score (nSPS) is 12.2. The van der Waals surface area contributed by atoms with Gasteiger partial charge in [0.15, 0.2) is 0 Å². The van der Waals surface area contributed by atoms with Crippen LogP contribution in [0.3, 0.4) is 0 Å². The molecule has 0 saturated heterocycles. The minimum atomic E-state index is -0.0938. The average molecular weight is 293 g/mol. The molecular weight excluding hydrogens is 276 g/mol. The van der Waals surface area contributed by atoms with E-state index in [0.717, 1.165) is 5.56 Å². The zero-order valence-electron chi connectivity index (χ0n) is 12.0. The van der Waals surface area contributed by atoms with Gasteiger partial charge < -0.3 is 9.42 Å². The van der Waals surface area contributed by atoms with Crippen molar-refractivity contribution in [2.45, 2.75) is 26.8 Å². The summed E-state index contributed by atoms with van der Waals surface area (Å²) in [6.07, 6.45) is 0. The van der Waals surface area contributed by atoms with E-state index in [2.05, 4.69) is 5.16 Å². The SMILES string of the molecule is Cc1noc(C)c1C(=O)N(C)C(C)c1ccc(Cl)cc1. The van der Waals surface area contributed by atoms with Crippen LogP contribution in [0.25, 0.3) is 0 Å². The molecule has 1 unspecified atom stereocenters. The van der Waals surface area contributed by atoms with E-state index in [1.165, 1.54) is 0 Å². The van der Waals surface area contributed by atoms with E-state index < -0.39 is 0 Å². The molecule has 5 heteroatoms. The molecule has 0 saturated carbocycles. The molecular formula is C15H17ClN2O2. The summed E-state index contributed by atoms with van der Waals surface area (Å²) in [4.78, 5) is 14.2. The topological polar surface area (TPSA) is 46.3 Å². The first-order valence-corrected chi connectivity index (χ1v) is 6.75. The number of aromatic nitrogens is 1. The van der Waals surface area contributed by atoms with Crippen LogP contribution in [0.5, 0.6) is 0 Å². The third-order valence-corrected chi connectivity index (χ3v) is 3.75. The predicted molar refractivity (Wildman–Crippen MR) is 77.9 cm³/mol. The van der Waals surface area contributed by atoms with Gasteiger partial charge in [-0.2, -0.15) is 0 Å². The van der Waals surface area contributed by atoms with Gasteiger partial charge in [-0.3, -0.25) is 4.79 Å². The highest BCUT2D eigenvalue weighted by atomic mass is 35.5. The van der Waals surface area contributed by atoms with Crippen molar-refractivity contribution in [3.63, 3.8) is 0 Å². The Bertz CT molecular complexity index is 600. The van der Waals surface area contributed by atoms with Crippen LogP contribution in [0, 0.1) is 13.8 Å². The summed E-state index contributed by atoms with van der Waals surface area (Å²) in [5.41, 5.74) is 2.17. The molecule has 0 radical (unpaired) electrons. The van der Waals surface area contributed by atoms with Gasteiger partial charge in [0.05, 0.1) is 11.7 Å². The quantitative estimate of drug-likeness (QED) is 0.865. The summed E-state index contributed by atoms with van der Waals surface area (Å²) < 4.78 is 5.05.